The molecule has 1 aromatic rings. The van der Waals surface area contributed by atoms with Gasteiger partial charge in [0.1, 0.15) is 11.5 Å². The molecule has 1 aromatic heterocycles. The second kappa shape index (κ2) is 3.68. The summed E-state index contributed by atoms with van der Waals surface area (Å²) in [6.45, 7) is 1.67. The molecule has 1 rings (SSSR count). The molecule has 0 bridgehead atoms. The first-order valence-corrected chi connectivity index (χ1v) is 3.65. The fourth-order valence-electron chi connectivity index (χ4n) is 0.949. The van der Waals surface area contributed by atoms with Crippen molar-refractivity contribution in [1.29, 1.82) is 0 Å². The fraction of sp³-hybridized carbons (Fsp3) is 0.222. The summed E-state index contributed by atoms with van der Waals surface area (Å²) in [5.74, 6) is 1.90. The van der Waals surface area contributed by atoms with Crippen LogP contribution in [-0.2, 0) is 11.2 Å². The second-order valence-electron chi connectivity index (χ2n) is 2.51. The Morgan fingerprint density at radius 2 is 2.38 bits per heavy atom. The van der Waals surface area contributed by atoms with E-state index in [0.717, 1.165) is 0 Å². The average Bonchev–Trinajstić information content (AvgIpc) is 2.01. The molecule has 4 nitrogen and oxygen atoms in total. The van der Waals surface area contributed by atoms with Crippen LogP contribution in [0.15, 0.2) is 6.07 Å². The lowest BCUT2D eigenvalue weighted by Crippen LogP contribution is -2.05. The maximum atomic E-state index is 10.4. The third-order valence-electron chi connectivity index (χ3n) is 1.37. The molecule has 1 N–H and O–H groups in total. The Hall–Kier alpha value is -1.89. The first-order valence-electron chi connectivity index (χ1n) is 3.65. The first kappa shape index (κ1) is 9.20. The maximum absolute atomic E-state index is 10.4. The molecule has 0 amide bonds. The van der Waals surface area contributed by atoms with Gasteiger partial charge in [0.05, 0.1) is 12.1 Å². The third kappa shape index (κ3) is 2.56. The molecule has 0 spiro atoms. The fourth-order valence-corrected chi connectivity index (χ4v) is 0.949. The van der Waals surface area contributed by atoms with Gasteiger partial charge in [-0.3, -0.25) is 4.79 Å². The van der Waals surface area contributed by atoms with E-state index in [4.69, 9.17) is 11.5 Å². The average molecular weight is 176 g/mol. The molecular weight excluding hydrogens is 168 g/mol. The van der Waals surface area contributed by atoms with Gasteiger partial charge in [-0.05, 0) is 13.0 Å². The zero-order chi connectivity index (χ0) is 9.84. The summed E-state index contributed by atoms with van der Waals surface area (Å²) in [5.41, 5.74) is 0.858. The molecular formula is C9H8N2O2. The highest BCUT2D eigenvalue weighted by Crippen LogP contribution is 2.00. The lowest BCUT2D eigenvalue weighted by atomic mass is 10.2. The summed E-state index contributed by atoms with van der Waals surface area (Å²) in [6, 6.07) is 1.50. The summed E-state index contributed by atoms with van der Waals surface area (Å²) >= 11 is 0. The van der Waals surface area contributed by atoms with Crippen LogP contribution in [0.4, 0.5) is 0 Å². The van der Waals surface area contributed by atoms with Crippen molar-refractivity contribution in [2.75, 3.05) is 0 Å². The topological polar surface area (TPSA) is 63.1 Å². The van der Waals surface area contributed by atoms with Crippen LogP contribution in [0.3, 0.4) is 0 Å². The van der Waals surface area contributed by atoms with E-state index in [9.17, 15) is 4.79 Å². The van der Waals surface area contributed by atoms with Crippen molar-refractivity contribution in [3.8, 4) is 12.3 Å². The summed E-state index contributed by atoms with van der Waals surface area (Å²) in [5, 5.41) is 8.51. The number of aliphatic carboxylic acids is 1. The predicted octanol–water partition coefficient (Wildman–Crippen LogP) is 0.393. The predicted molar refractivity (Wildman–Crippen MR) is 46.0 cm³/mol. The van der Waals surface area contributed by atoms with E-state index < -0.39 is 5.97 Å². The van der Waals surface area contributed by atoms with Crippen LogP contribution in [0.2, 0.25) is 0 Å². The molecule has 0 radical (unpaired) electrons. The Balaban J connectivity index is 3.03. The molecule has 0 aromatic carbocycles. The van der Waals surface area contributed by atoms with Gasteiger partial charge in [0.2, 0.25) is 0 Å². The van der Waals surface area contributed by atoms with Crippen molar-refractivity contribution in [3.05, 3.63) is 23.3 Å². The minimum absolute atomic E-state index is 0.127. The maximum Gasteiger partial charge on any atom is 0.309 e. The highest BCUT2D eigenvalue weighted by atomic mass is 16.4. The molecule has 13 heavy (non-hydrogen) atoms. The summed E-state index contributed by atoms with van der Waals surface area (Å²) in [6.07, 6.45) is 5.00. The zero-order valence-corrected chi connectivity index (χ0v) is 7.11. The molecule has 0 unspecified atom stereocenters. The van der Waals surface area contributed by atoms with Gasteiger partial charge in [-0.1, -0.05) is 5.92 Å². The minimum Gasteiger partial charge on any atom is -0.481 e. The Kier molecular flexibility index (Phi) is 2.60. The van der Waals surface area contributed by atoms with Crippen LogP contribution in [0.25, 0.3) is 0 Å². The van der Waals surface area contributed by atoms with E-state index in [1.807, 2.05) is 0 Å². The van der Waals surface area contributed by atoms with Gasteiger partial charge in [-0.2, -0.15) is 0 Å². The van der Waals surface area contributed by atoms with Crippen LogP contribution >= 0.6 is 0 Å². The quantitative estimate of drug-likeness (QED) is 0.662. The summed E-state index contributed by atoms with van der Waals surface area (Å²) in [7, 11) is 0. The number of aromatic nitrogens is 2. The van der Waals surface area contributed by atoms with Gasteiger partial charge >= 0.3 is 5.97 Å². The standard InChI is InChI=1S/C9H8N2O2/c1-3-7-4-8(5-9(12)13)11-6(2)10-7/h1,4H,5H2,2H3,(H,12,13). The SMILES string of the molecule is C#Cc1cc(CC(=O)O)nc(C)n1. The van der Waals surface area contributed by atoms with Gasteiger partial charge in [-0.25, -0.2) is 9.97 Å². The number of terminal acetylenes is 1. The molecule has 1 heterocycles. The Bertz CT molecular complexity index is 380. The van der Waals surface area contributed by atoms with Crippen LogP contribution in [0, 0.1) is 19.3 Å². The van der Waals surface area contributed by atoms with E-state index in [1.165, 1.54) is 6.07 Å². The van der Waals surface area contributed by atoms with Crippen molar-refractivity contribution < 1.29 is 9.90 Å². The Labute approximate surface area is 75.7 Å². The zero-order valence-electron chi connectivity index (χ0n) is 7.11. The number of carboxylic acids is 1. The lowest BCUT2D eigenvalue weighted by Gasteiger charge is -1.98. The van der Waals surface area contributed by atoms with E-state index >= 15 is 0 Å². The molecule has 0 atom stereocenters. The highest BCUT2D eigenvalue weighted by molar-refractivity contribution is 5.69. The molecule has 0 fully saturated rings. The molecule has 0 aliphatic heterocycles. The summed E-state index contributed by atoms with van der Waals surface area (Å²) < 4.78 is 0. The number of carbonyl (C=O) groups is 1. The number of rotatable bonds is 2. The number of carboxylic acid groups (broad SMARTS) is 1. The molecule has 0 aliphatic carbocycles. The van der Waals surface area contributed by atoms with Gasteiger partial charge in [-0.15, -0.1) is 6.42 Å². The lowest BCUT2D eigenvalue weighted by molar-refractivity contribution is -0.136. The van der Waals surface area contributed by atoms with E-state index in [-0.39, 0.29) is 6.42 Å². The van der Waals surface area contributed by atoms with Gasteiger partial charge in [0.15, 0.2) is 0 Å². The van der Waals surface area contributed by atoms with Crippen molar-refractivity contribution in [3.63, 3.8) is 0 Å². The van der Waals surface area contributed by atoms with E-state index in [1.54, 1.807) is 6.92 Å². The third-order valence-corrected chi connectivity index (χ3v) is 1.37. The first-order chi connectivity index (χ1) is 6.11. The van der Waals surface area contributed by atoms with Crippen LogP contribution in [-0.4, -0.2) is 21.0 Å². The van der Waals surface area contributed by atoms with Gasteiger partial charge in [0.25, 0.3) is 0 Å². The smallest absolute Gasteiger partial charge is 0.309 e. The van der Waals surface area contributed by atoms with Crippen LogP contribution < -0.4 is 0 Å². The Morgan fingerprint density at radius 3 is 2.92 bits per heavy atom. The van der Waals surface area contributed by atoms with Crippen molar-refractivity contribution in [1.82, 2.24) is 9.97 Å². The minimum atomic E-state index is -0.930. The van der Waals surface area contributed by atoms with Crippen LogP contribution in [0.5, 0.6) is 0 Å². The van der Waals surface area contributed by atoms with Gasteiger partial charge < -0.3 is 5.11 Å². The second-order valence-corrected chi connectivity index (χ2v) is 2.51. The monoisotopic (exact) mass is 176 g/mol. The summed E-state index contributed by atoms with van der Waals surface area (Å²) in [4.78, 5) is 18.2. The largest absolute Gasteiger partial charge is 0.481 e. The number of aryl methyl sites for hydroxylation is 1. The molecule has 4 heteroatoms. The molecule has 0 saturated carbocycles. The number of hydrogen-bond acceptors (Lipinski definition) is 3. The molecule has 66 valence electrons. The van der Waals surface area contributed by atoms with E-state index in [0.29, 0.717) is 17.2 Å². The Morgan fingerprint density at radius 1 is 1.69 bits per heavy atom. The molecule has 0 aliphatic rings. The molecule has 0 saturated heterocycles. The van der Waals surface area contributed by atoms with Crippen LogP contribution in [0.1, 0.15) is 17.2 Å². The van der Waals surface area contributed by atoms with Crippen molar-refractivity contribution in [2.45, 2.75) is 13.3 Å². The van der Waals surface area contributed by atoms with Crippen molar-refractivity contribution >= 4 is 5.97 Å². The number of nitrogens with zero attached hydrogens (tertiary/aromatic N) is 2. The number of hydrogen-bond donors (Lipinski definition) is 1. The van der Waals surface area contributed by atoms with E-state index in [2.05, 4.69) is 15.9 Å². The highest BCUT2D eigenvalue weighted by Gasteiger charge is 2.04. The van der Waals surface area contributed by atoms with Gasteiger partial charge in [0, 0.05) is 0 Å². The van der Waals surface area contributed by atoms with Crippen molar-refractivity contribution in [2.24, 2.45) is 0 Å². The normalized spacial score (nSPS) is 9.23.